The van der Waals surface area contributed by atoms with Crippen LogP contribution in [0.3, 0.4) is 0 Å². The number of amides is 2. The van der Waals surface area contributed by atoms with Crippen molar-refractivity contribution < 1.29 is 14.4 Å². The van der Waals surface area contributed by atoms with E-state index in [0.717, 1.165) is 32.0 Å². The van der Waals surface area contributed by atoms with Gasteiger partial charge in [-0.15, -0.1) is 0 Å². The minimum atomic E-state index is -0.645. The van der Waals surface area contributed by atoms with Gasteiger partial charge in [-0.3, -0.25) is 0 Å². The molecule has 1 atom stereocenters. The van der Waals surface area contributed by atoms with E-state index in [9.17, 15) is 4.79 Å². The summed E-state index contributed by atoms with van der Waals surface area (Å²) in [7, 11) is 0. The first-order valence-corrected chi connectivity index (χ1v) is 6.75. The second-order valence-corrected chi connectivity index (χ2v) is 4.84. The highest BCUT2D eigenvalue weighted by Crippen LogP contribution is 2.11. The van der Waals surface area contributed by atoms with Gasteiger partial charge < -0.3 is 15.4 Å². The van der Waals surface area contributed by atoms with Gasteiger partial charge in [0.2, 0.25) is 0 Å². The fourth-order valence-corrected chi connectivity index (χ4v) is 2.55. The molecule has 0 spiro atoms. The summed E-state index contributed by atoms with van der Waals surface area (Å²) in [5.41, 5.74) is 9.41. The fraction of sp³-hybridized carbons (Fsp3) is 0.429. The molecule has 6 nitrogen and oxygen atoms in total. The maximum absolute atomic E-state index is 10.8. The number of carbonyl (C=O) groups excluding carboxylic acids is 1. The van der Waals surface area contributed by atoms with Crippen LogP contribution >= 0.6 is 0 Å². The molecule has 1 aliphatic rings. The van der Waals surface area contributed by atoms with Gasteiger partial charge in [0.05, 0.1) is 18.9 Å². The molecular weight excluding hydrogens is 256 g/mol. The van der Waals surface area contributed by atoms with E-state index in [1.807, 2.05) is 25.1 Å². The number of ether oxygens (including phenoxy) is 1. The lowest BCUT2D eigenvalue weighted by Gasteiger charge is -2.31. The monoisotopic (exact) mass is 277 g/mol. The Morgan fingerprint density at radius 2 is 2.00 bits per heavy atom. The Labute approximate surface area is 118 Å². The van der Waals surface area contributed by atoms with Gasteiger partial charge in [-0.05, 0) is 6.92 Å². The van der Waals surface area contributed by atoms with Gasteiger partial charge in [-0.1, -0.05) is 30.3 Å². The molecule has 0 bridgehead atoms. The standard InChI is InChI=1S/C14H20N4O2/c1-11(16-17-14(15)19)13(12-5-3-2-4-6-12)18-7-9-20-10-8-18/h2-6,13H,7-10H2,1H3,(H3,15,17,19)/p+1/b16-11-/t13-/m1/s1. The second-order valence-electron chi connectivity index (χ2n) is 4.84. The maximum Gasteiger partial charge on any atom is 0.332 e. The molecule has 108 valence electrons. The molecule has 2 amide bonds. The van der Waals surface area contributed by atoms with E-state index < -0.39 is 6.03 Å². The predicted octanol–water partition coefficient (Wildman–Crippen LogP) is -0.313. The molecule has 0 radical (unpaired) electrons. The lowest BCUT2D eigenvalue weighted by molar-refractivity contribution is -0.928. The number of nitrogens with two attached hydrogens (primary N) is 1. The van der Waals surface area contributed by atoms with Crippen LogP contribution in [0.4, 0.5) is 4.79 Å². The topological polar surface area (TPSA) is 81.1 Å². The average molecular weight is 277 g/mol. The third kappa shape index (κ3) is 3.79. The molecule has 1 aliphatic heterocycles. The third-order valence-corrected chi connectivity index (χ3v) is 3.44. The molecule has 6 heteroatoms. The number of primary amides is 1. The summed E-state index contributed by atoms with van der Waals surface area (Å²) in [6, 6.07) is 9.63. The van der Waals surface area contributed by atoms with Crippen molar-refractivity contribution in [2.45, 2.75) is 13.0 Å². The van der Waals surface area contributed by atoms with E-state index in [4.69, 9.17) is 10.5 Å². The van der Waals surface area contributed by atoms with Crippen LogP contribution in [0.2, 0.25) is 0 Å². The van der Waals surface area contributed by atoms with Gasteiger partial charge in [0.25, 0.3) is 0 Å². The Morgan fingerprint density at radius 3 is 2.60 bits per heavy atom. The number of hydrogen-bond acceptors (Lipinski definition) is 3. The first-order chi connectivity index (χ1) is 9.68. The minimum Gasteiger partial charge on any atom is -0.370 e. The van der Waals surface area contributed by atoms with Crippen molar-refractivity contribution in [2.24, 2.45) is 10.8 Å². The number of hydrazone groups is 1. The summed E-state index contributed by atoms with van der Waals surface area (Å²) in [6.45, 7) is 5.24. The third-order valence-electron chi connectivity index (χ3n) is 3.44. The molecule has 0 unspecified atom stereocenters. The van der Waals surface area contributed by atoms with Crippen LogP contribution in [0.25, 0.3) is 0 Å². The first-order valence-electron chi connectivity index (χ1n) is 6.75. The van der Waals surface area contributed by atoms with Gasteiger partial charge in [-0.2, -0.15) is 5.10 Å². The Balaban J connectivity index is 2.23. The number of nitrogens with one attached hydrogen (secondary N) is 2. The number of rotatable bonds is 4. The van der Waals surface area contributed by atoms with Crippen molar-refractivity contribution in [2.75, 3.05) is 26.3 Å². The minimum absolute atomic E-state index is 0.104. The molecule has 1 aromatic carbocycles. The van der Waals surface area contributed by atoms with Crippen LogP contribution in [0.15, 0.2) is 35.4 Å². The van der Waals surface area contributed by atoms with Gasteiger partial charge in [0.1, 0.15) is 13.1 Å². The van der Waals surface area contributed by atoms with Crippen molar-refractivity contribution in [1.29, 1.82) is 0 Å². The molecule has 1 heterocycles. The molecule has 4 N–H and O–H groups in total. The summed E-state index contributed by atoms with van der Waals surface area (Å²) in [6.07, 6.45) is 0. The van der Waals surface area contributed by atoms with E-state index >= 15 is 0 Å². The second kappa shape index (κ2) is 7.02. The van der Waals surface area contributed by atoms with Crippen molar-refractivity contribution in [3.05, 3.63) is 35.9 Å². The van der Waals surface area contributed by atoms with Gasteiger partial charge in [0, 0.05) is 5.56 Å². The highest BCUT2D eigenvalue weighted by molar-refractivity contribution is 5.88. The number of carbonyl (C=O) groups is 1. The molecule has 20 heavy (non-hydrogen) atoms. The Hall–Kier alpha value is -1.92. The average Bonchev–Trinajstić information content (AvgIpc) is 2.48. The largest absolute Gasteiger partial charge is 0.370 e. The number of morpholine rings is 1. The van der Waals surface area contributed by atoms with Crippen molar-refractivity contribution in [3.63, 3.8) is 0 Å². The smallest absolute Gasteiger partial charge is 0.332 e. The first kappa shape index (κ1) is 14.5. The number of benzene rings is 1. The normalized spacial score (nSPS) is 18.6. The van der Waals surface area contributed by atoms with E-state index in [1.165, 1.54) is 10.5 Å². The highest BCUT2D eigenvalue weighted by atomic mass is 16.5. The zero-order valence-corrected chi connectivity index (χ0v) is 11.6. The summed E-state index contributed by atoms with van der Waals surface area (Å²) in [4.78, 5) is 12.2. The Morgan fingerprint density at radius 1 is 1.35 bits per heavy atom. The SMILES string of the molecule is C/C(=N/NC(N)=O)[C@H](c1ccccc1)[NH+]1CCOCC1. The number of hydrogen-bond donors (Lipinski definition) is 3. The molecule has 1 saturated heterocycles. The molecule has 1 aromatic rings. The quantitative estimate of drug-likeness (QED) is 0.521. The molecule has 2 rings (SSSR count). The van der Waals surface area contributed by atoms with Crippen molar-refractivity contribution >= 4 is 11.7 Å². The lowest BCUT2D eigenvalue weighted by atomic mass is 10.0. The molecule has 0 aliphatic carbocycles. The van der Waals surface area contributed by atoms with Crippen LogP contribution < -0.4 is 16.1 Å². The van der Waals surface area contributed by atoms with Gasteiger partial charge in [0.15, 0.2) is 6.04 Å². The van der Waals surface area contributed by atoms with E-state index in [0.29, 0.717) is 0 Å². The molecule has 0 aromatic heterocycles. The number of urea groups is 1. The molecular formula is C14H21N4O2+. The van der Waals surface area contributed by atoms with Crippen LogP contribution in [-0.4, -0.2) is 38.0 Å². The van der Waals surface area contributed by atoms with Crippen LogP contribution in [-0.2, 0) is 4.74 Å². The van der Waals surface area contributed by atoms with E-state index in [-0.39, 0.29) is 6.04 Å². The van der Waals surface area contributed by atoms with Crippen LogP contribution in [0.1, 0.15) is 18.5 Å². The number of quaternary nitrogens is 1. The summed E-state index contributed by atoms with van der Waals surface area (Å²) < 4.78 is 5.41. The molecule has 1 fully saturated rings. The lowest BCUT2D eigenvalue weighted by Crippen LogP contribution is -3.15. The zero-order valence-electron chi connectivity index (χ0n) is 11.6. The van der Waals surface area contributed by atoms with Crippen LogP contribution in [0, 0.1) is 0 Å². The van der Waals surface area contributed by atoms with Crippen molar-refractivity contribution in [1.82, 2.24) is 5.43 Å². The van der Waals surface area contributed by atoms with Crippen molar-refractivity contribution in [3.8, 4) is 0 Å². The summed E-state index contributed by atoms with van der Waals surface area (Å²) in [5, 5.41) is 4.11. The van der Waals surface area contributed by atoms with Gasteiger partial charge >= 0.3 is 6.03 Å². The summed E-state index contributed by atoms with van der Waals surface area (Å²) in [5.74, 6) is 0. The zero-order chi connectivity index (χ0) is 14.4. The maximum atomic E-state index is 10.8. The van der Waals surface area contributed by atoms with E-state index in [1.54, 1.807) is 0 Å². The van der Waals surface area contributed by atoms with Crippen LogP contribution in [0.5, 0.6) is 0 Å². The fourth-order valence-electron chi connectivity index (χ4n) is 2.55. The van der Waals surface area contributed by atoms with Gasteiger partial charge in [-0.25, -0.2) is 10.2 Å². The predicted molar refractivity (Wildman–Crippen MR) is 76.5 cm³/mol. The Bertz CT molecular complexity index is 469. The number of nitrogens with zero attached hydrogens (tertiary/aromatic N) is 1. The van der Waals surface area contributed by atoms with E-state index in [2.05, 4.69) is 22.7 Å². The Kier molecular flexibility index (Phi) is 5.09. The highest BCUT2D eigenvalue weighted by Gasteiger charge is 2.28. The molecule has 0 saturated carbocycles. The summed E-state index contributed by atoms with van der Waals surface area (Å²) >= 11 is 0.